The Morgan fingerprint density at radius 3 is 2.20 bits per heavy atom. The summed E-state index contributed by atoms with van der Waals surface area (Å²) in [4.78, 5) is 14.7. The van der Waals surface area contributed by atoms with Crippen molar-refractivity contribution in [1.82, 2.24) is 9.29 Å². The minimum absolute atomic E-state index is 0.0993. The molecule has 0 saturated heterocycles. The second-order valence-corrected chi connectivity index (χ2v) is 12.2. The van der Waals surface area contributed by atoms with Crippen LogP contribution in [0.3, 0.4) is 0 Å². The molecule has 1 saturated carbocycles. The highest BCUT2D eigenvalue weighted by Gasteiger charge is 2.34. The Balaban J connectivity index is 1.93. The van der Waals surface area contributed by atoms with Crippen LogP contribution in [-0.2, 0) is 21.6 Å². The summed E-state index contributed by atoms with van der Waals surface area (Å²) in [5, 5.41) is 0. The summed E-state index contributed by atoms with van der Waals surface area (Å²) < 4.78 is 67.6. The molecule has 0 bridgehead atoms. The largest absolute Gasteiger partial charge is 0.416 e. The predicted molar refractivity (Wildman–Crippen MR) is 131 cm³/mol. The van der Waals surface area contributed by atoms with Gasteiger partial charge in [-0.05, 0) is 56.9 Å². The van der Waals surface area contributed by atoms with Crippen LogP contribution in [0.15, 0.2) is 30.3 Å². The molecule has 0 unspecified atom stereocenters. The van der Waals surface area contributed by atoms with Gasteiger partial charge >= 0.3 is 6.18 Å². The van der Waals surface area contributed by atoms with E-state index in [1.807, 2.05) is 13.0 Å². The van der Waals surface area contributed by atoms with Gasteiger partial charge in [-0.15, -0.1) is 0 Å². The molecule has 1 amide bonds. The number of alkyl halides is 3. The van der Waals surface area contributed by atoms with E-state index in [1.54, 1.807) is 0 Å². The average Bonchev–Trinajstić information content (AvgIpc) is 3.09. The van der Waals surface area contributed by atoms with E-state index >= 15 is 0 Å². The SMILES string of the molecule is Cc1c(C(=O)N(C)c2cccc(C(F)(F)F)c2)cc(C(C)(C)C)n1C1CCC(NS(C)(=O)=O)CC1. The van der Waals surface area contributed by atoms with Gasteiger partial charge in [-0.25, -0.2) is 13.1 Å². The first kappa shape index (κ1) is 27.3. The Kier molecular flexibility index (Phi) is 7.49. The zero-order valence-electron chi connectivity index (χ0n) is 21.0. The number of halogens is 3. The summed E-state index contributed by atoms with van der Waals surface area (Å²) in [6, 6.07) is 6.58. The van der Waals surface area contributed by atoms with Crippen molar-refractivity contribution in [3.05, 3.63) is 52.8 Å². The van der Waals surface area contributed by atoms with Crippen molar-refractivity contribution in [2.75, 3.05) is 18.2 Å². The summed E-state index contributed by atoms with van der Waals surface area (Å²) in [6.45, 7) is 8.03. The van der Waals surface area contributed by atoms with E-state index in [9.17, 15) is 26.4 Å². The Labute approximate surface area is 205 Å². The van der Waals surface area contributed by atoms with E-state index in [-0.39, 0.29) is 29.1 Å². The van der Waals surface area contributed by atoms with Crippen LogP contribution < -0.4 is 9.62 Å². The number of carbonyl (C=O) groups excluding carboxylic acids is 1. The zero-order valence-corrected chi connectivity index (χ0v) is 21.8. The summed E-state index contributed by atoms with van der Waals surface area (Å²) in [7, 11) is -1.80. The summed E-state index contributed by atoms with van der Waals surface area (Å²) >= 11 is 0. The van der Waals surface area contributed by atoms with Crippen molar-refractivity contribution in [1.29, 1.82) is 0 Å². The lowest BCUT2D eigenvalue weighted by Crippen LogP contribution is -2.38. The fourth-order valence-corrected chi connectivity index (χ4v) is 5.67. The third-order valence-corrected chi connectivity index (χ3v) is 7.36. The van der Waals surface area contributed by atoms with Crippen molar-refractivity contribution in [3.8, 4) is 0 Å². The van der Waals surface area contributed by atoms with Gasteiger partial charge in [0.25, 0.3) is 5.91 Å². The lowest BCUT2D eigenvalue weighted by atomic mass is 9.88. The van der Waals surface area contributed by atoms with E-state index in [4.69, 9.17) is 0 Å². The maximum absolute atomic E-state index is 13.5. The van der Waals surface area contributed by atoms with Gasteiger partial charge in [0.05, 0.1) is 17.4 Å². The molecular formula is C25H34F3N3O3S. The summed E-state index contributed by atoms with van der Waals surface area (Å²) in [5.41, 5.74) is 1.26. The van der Waals surface area contributed by atoms with E-state index in [2.05, 4.69) is 30.1 Å². The standard InChI is InChI=1S/C25H34F3N3O3S/c1-16-21(23(32)30(5)20-9-7-8-17(14-20)25(26,27)28)15-22(24(2,3)4)31(16)19-12-10-18(11-13-19)29-35(6,33)34/h7-9,14-15,18-19,29H,10-13H2,1-6H3. The van der Waals surface area contributed by atoms with Gasteiger partial charge in [-0.3, -0.25) is 4.79 Å². The highest BCUT2D eigenvalue weighted by atomic mass is 32.2. The minimum Gasteiger partial charge on any atom is -0.345 e. The number of nitrogens with one attached hydrogen (secondary N) is 1. The smallest absolute Gasteiger partial charge is 0.345 e. The third-order valence-electron chi connectivity index (χ3n) is 6.60. The van der Waals surface area contributed by atoms with Crippen LogP contribution in [-0.4, -0.2) is 38.2 Å². The van der Waals surface area contributed by atoms with Crippen LogP contribution in [0.1, 0.15) is 79.8 Å². The Hall–Kier alpha value is -2.33. The molecular weight excluding hydrogens is 479 g/mol. The number of hydrogen-bond acceptors (Lipinski definition) is 3. The minimum atomic E-state index is -4.50. The number of benzene rings is 1. The normalized spacial score (nSPS) is 19.6. The van der Waals surface area contributed by atoms with Crippen molar-refractivity contribution in [2.24, 2.45) is 0 Å². The number of anilines is 1. The van der Waals surface area contributed by atoms with Gasteiger partial charge in [-0.1, -0.05) is 26.8 Å². The molecule has 35 heavy (non-hydrogen) atoms. The first-order chi connectivity index (χ1) is 16.0. The van der Waals surface area contributed by atoms with Gasteiger partial charge in [0.15, 0.2) is 0 Å². The molecule has 0 atom stereocenters. The number of aromatic nitrogens is 1. The number of rotatable bonds is 5. The lowest BCUT2D eigenvalue weighted by molar-refractivity contribution is -0.137. The third kappa shape index (κ3) is 6.27. The molecule has 0 aliphatic heterocycles. The van der Waals surface area contributed by atoms with E-state index < -0.39 is 21.8 Å². The second-order valence-electron chi connectivity index (χ2n) is 10.5. The molecule has 3 rings (SSSR count). The lowest BCUT2D eigenvalue weighted by Gasteiger charge is -2.34. The fourth-order valence-electron chi connectivity index (χ4n) is 4.83. The number of amides is 1. The first-order valence-electron chi connectivity index (χ1n) is 11.6. The number of sulfonamides is 1. The van der Waals surface area contributed by atoms with Crippen molar-refractivity contribution in [2.45, 2.75) is 77.1 Å². The van der Waals surface area contributed by atoms with Crippen molar-refractivity contribution < 1.29 is 26.4 Å². The molecule has 1 aliphatic rings. The van der Waals surface area contributed by atoms with Crippen LogP contribution in [0.25, 0.3) is 0 Å². The quantitative estimate of drug-likeness (QED) is 0.580. The molecule has 1 N–H and O–H groups in total. The van der Waals surface area contributed by atoms with Gasteiger partial charge in [-0.2, -0.15) is 13.2 Å². The second kappa shape index (κ2) is 9.61. The average molecular weight is 514 g/mol. The van der Waals surface area contributed by atoms with E-state index in [0.29, 0.717) is 18.4 Å². The molecule has 1 heterocycles. The van der Waals surface area contributed by atoms with Gasteiger partial charge in [0.1, 0.15) is 0 Å². The molecule has 1 aromatic heterocycles. The van der Waals surface area contributed by atoms with Crippen LogP contribution in [0.5, 0.6) is 0 Å². The Morgan fingerprint density at radius 2 is 1.69 bits per heavy atom. The van der Waals surface area contributed by atoms with Crippen LogP contribution in [0, 0.1) is 6.92 Å². The molecule has 1 aromatic carbocycles. The fraction of sp³-hybridized carbons (Fsp3) is 0.560. The van der Waals surface area contributed by atoms with Gasteiger partial charge in [0.2, 0.25) is 10.0 Å². The van der Waals surface area contributed by atoms with Crippen molar-refractivity contribution in [3.63, 3.8) is 0 Å². The molecule has 2 aromatic rings. The summed E-state index contributed by atoms with van der Waals surface area (Å²) in [6.07, 6.45) is -0.459. The van der Waals surface area contributed by atoms with Crippen LogP contribution in [0.4, 0.5) is 18.9 Å². The molecule has 10 heteroatoms. The topological polar surface area (TPSA) is 71.4 Å². The maximum atomic E-state index is 13.5. The van der Waals surface area contributed by atoms with Crippen LogP contribution >= 0.6 is 0 Å². The number of hydrogen-bond donors (Lipinski definition) is 1. The van der Waals surface area contributed by atoms with Gasteiger partial charge < -0.3 is 9.47 Å². The Morgan fingerprint density at radius 1 is 1.09 bits per heavy atom. The monoisotopic (exact) mass is 513 g/mol. The molecule has 194 valence electrons. The highest BCUT2D eigenvalue weighted by Crippen LogP contribution is 2.38. The molecule has 6 nitrogen and oxygen atoms in total. The molecule has 0 spiro atoms. The Bertz CT molecular complexity index is 1190. The van der Waals surface area contributed by atoms with Crippen molar-refractivity contribution >= 4 is 21.6 Å². The first-order valence-corrected chi connectivity index (χ1v) is 13.5. The molecule has 0 radical (unpaired) electrons. The van der Waals surface area contributed by atoms with Gasteiger partial charge in [0, 0.05) is 41.6 Å². The zero-order chi connectivity index (χ0) is 26.3. The molecule has 1 aliphatic carbocycles. The highest BCUT2D eigenvalue weighted by molar-refractivity contribution is 7.88. The maximum Gasteiger partial charge on any atom is 0.416 e. The number of carbonyl (C=O) groups is 1. The molecule has 1 fully saturated rings. The van der Waals surface area contributed by atoms with E-state index in [0.717, 1.165) is 42.6 Å². The summed E-state index contributed by atoms with van der Waals surface area (Å²) in [5.74, 6) is -0.376. The van der Waals surface area contributed by atoms with E-state index in [1.165, 1.54) is 24.1 Å². The van der Waals surface area contributed by atoms with Crippen LogP contribution in [0.2, 0.25) is 0 Å². The predicted octanol–water partition coefficient (Wildman–Crippen LogP) is 5.42. The number of nitrogens with zero attached hydrogens (tertiary/aromatic N) is 2.